The van der Waals surface area contributed by atoms with Gasteiger partial charge in [0.1, 0.15) is 0 Å². The van der Waals surface area contributed by atoms with E-state index >= 15 is 0 Å². The Morgan fingerprint density at radius 1 is 1.11 bits per heavy atom. The van der Waals surface area contributed by atoms with Crippen LogP contribution in [-0.4, -0.2) is 31.2 Å². The number of sulfonamides is 1. The van der Waals surface area contributed by atoms with Crippen molar-refractivity contribution in [2.45, 2.75) is 50.6 Å². The van der Waals surface area contributed by atoms with Gasteiger partial charge in [-0.15, -0.1) is 0 Å². The summed E-state index contributed by atoms with van der Waals surface area (Å²) in [5.74, 6) is -0.214. The number of nitrogens with one attached hydrogen (secondary N) is 1. The van der Waals surface area contributed by atoms with Crippen LogP contribution in [-0.2, 0) is 16.6 Å². The molecule has 2 aromatic rings. The fraction of sp³-hybridized carbons (Fsp3) is 0.381. The van der Waals surface area contributed by atoms with Crippen LogP contribution < -0.4 is 5.32 Å². The summed E-state index contributed by atoms with van der Waals surface area (Å²) in [5, 5.41) is 2.89. The molecule has 1 N–H and O–H groups in total. The van der Waals surface area contributed by atoms with Crippen LogP contribution in [0.15, 0.2) is 53.4 Å². The van der Waals surface area contributed by atoms with Crippen LogP contribution in [0.2, 0.25) is 0 Å². The highest BCUT2D eigenvalue weighted by Crippen LogP contribution is 2.25. The Hall–Kier alpha value is -2.18. The summed E-state index contributed by atoms with van der Waals surface area (Å²) in [6.45, 7) is 4.95. The summed E-state index contributed by atoms with van der Waals surface area (Å²) in [4.78, 5) is 12.6. The molecule has 1 aliphatic heterocycles. The van der Waals surface area contributed by atoms with Gasteiger partial charge in [-0.3, -0.25) is 4.79 Å². The molecule has 1 atom stereocenters. The molecule has 1 aliphatic rings. The fourth-order valence-electron chi connectivity index (χ4n) is 3.43. The minimum Gasteiger partial charge on any atom is -0.348 e. The third-order valence-electron chi connectivity index (χ3n) is 5.17. The number of carbonyl (C=O) groups excluding carboxylic acids is 1. The van der Waals surface area contributed by atoms with Crippen molar-refractivity contribution in [3.8, 4) is 0 Å². The summed E-state index contributed by atoms with van der Waals surface area (Å²) in [6.07, 6.45) is 2.84. The van der Waals surface area contributed by atoms with E-state index in [0.29, 0.717) is 18.7 Å². The maximum Gasteiger partial charge on any atom is 0.251 e. The monoisotopic (exact) mass is 386 g/mol. The minimum absolute atomic E-state index is 0.0147. The molecule has 1 amide bonds. The molecule has 1 heterocycles. The molecule has 144 valence electrons. The van der Waals surface area contributed by atoms with Gasteiger partial charge in [0.25, 0.3) is 5.91 Å². The predicted octanol–water partition coefficient (Wildman–Crippen LogP) is 3.49. The first-order chi connectivity index (χ1) is 12.9. The number of piperidine rings is 1. The van der Waals surface area contributed by atoms with Crippen LogP contribution in [0.3, 0.4) is 0 Å². The van der Waals surface area contributed by atoms with E-state index in [1.54, 1.807) is 16.4 Å². The quantitative estimate of drug-likeness (QED) is 0.855. The van der Waals surface area contributed by atoms with E-state index in [1.165, 1.54) is 12.1 Å². The molecule has 1 unspecified atom stereocenters. The second-order valence-corrected chi connectivity index (χ2v) is 8.98. The number of amides is 1. The zero-order chi connectivity index (χ0) is 19.4. The van der Waals surface area contributed by atoms with E-state index in [-0.39, 0.29) is 16.8 Å². The summed E-state index contributed by atoms with van der Waals surface area (Å²) >= 11 is 0. The maximum absolute atomic E-state index is 12.9. The highest BCUT2D eigenvalue weighted by Gasteiger charge is 2.30. The summed E-state index contributed by atoms with van der Waals surface area (Å²) < 4.78 is 27.3. The summed E-state index contributed by atoms with van der Waals surface area (Å²) in [5.41, 5.74) is 2.63. The average molecular weight is 387 g/mol. The average Bonchev–Trinajstić information content (AvgIpc) is 2.67. The molecule has 1 saturated heterocycles. The molecule has 0 bridgehead atoms. The highest BCUT2D eigenvalue weighted by atomic mass is 32.2. The first-order valence-electron chi connectivity index (χ1n) is 9.34. The van der Waals surface area contributed by atoms with Crippen LogP contribution in [0.5, 0.6) is 0 Å². The van der Waals surface area contributed by atoms with E-state index in [4.69, 9.17) is 0 Å². The van der Waals surface area contributed by atoms with Crippen molar-refractivity contribution in [3.05, 3.63) is 65.2 Å². The molecule has 6 heteroatoms. The van der Waals surface area contributed by atoms with Crippen molar-refractivity contribution < 1.29 is 13.2 Å². The smallest absolute Gasteiger partial charge is 0.251 e. The van der Waals surface area contributed by atoms with Crippen molar-refractivity contribution in [3.63, 3.8) is 0 Å². The Morgan fingerprint density at radius 2 is 1.81 bits per heavy atom. The topological polar surface area (TPSA) is 66.5 Å². The molecule has 5 nitrogen and oxygen atoms in total. The third kappa shape index (κ3) is 4.39. The predicted molar refractivity (Wildman–Crippen MR) is 106 cm³/mol. The van der Waals surface area contributed by atoms with E-state index in [2.05, 4.69) is 5.32 Å². The van der Waals surface area contributed by atoms with Crippen molar-refractivity contribution in [2.75, 3.05) is 6.54 Å². The molecule has 1 fully saturated rings. The van der Waals surface area contributed by atoms with Crippen molar-refractivity contribution in [1.82, 2.24) is 9.62 Å². The van der Waals surface area contributed by atoms with Gasteiger partial charge in [-0.1, -0.05) is 30.7 Å². The molecule has 0 aliphatic carbocycles. The van der Waals surface area contributed by atoms with E-state index in [0.717, 1.165) is 30.4 Å². The molecule has 2 aromatic carbocycles. The number of hydrogen-bond donors (Lipinski definition) is 1. The van der Waals surface area contributed by atoms with Gasteiger partial charge < -0.3 is 5.32 Å². The zero-order valence-corrected chi connectivity index (χ0v) is 16.6. The summed E-state index contributed by atoms with van der Waals surface area (Å²) in [6, 6.07) is 14.1. The van der Waals surface area contributed by atoms with Crippen LogP contribution in [0.25, 0.3) is 0 Å². The van der Waals surface area contributed by atoms with Gasteiger partial charge in [0.05, 0.1) is 4.90 Å². The number of carbonyl (C=O) groups is 1. The SMILES string of the molecule is Cc1ccccc1CNC(=O)c1ccc(S(=O)(=O)N2CCCCC2C)cc1. The van der Waals surface area contributed by atoms with Gasteiger partial charge >= 0.3 is 0 Å². The van der Waals surface area contributed by atoms with E-state index < -0.39 is 10.0 Å². The fourth-order valence-corrected chi connectivity index (χ4v) is 5.13. The van der Waals surface area contributed by atoms with Crippen molar-refractivity contribution in [1.29, 1.82) is 0 Å². The maximum atomic E-state index is 12.9. The molecule has 0 radical (unpaired) electrons. The molecule has 0 saturated carbocycles. The first kappa shape index (κ1) is 19.6. The van der Waals surface area contributed by atoms with Gasteiger partial charge in [0.15, 0.2) is 0 Å². The van der Waals surface area contributed by atoms with E-state index in [9.17, 15) is 13.2 Å². The Kier molecular flexibility index (Phi) is 5.97. The van der Waals surface area contributed by atoms with Gasteiger partial charge in [-0.25, -0.2) is 8.42 Å². The number of nitrogens with zero attached hydrogens (tertiary/aromatic N) is 1. The minimum atomic E-state index is -3.51. The van der Waals surface area contributed by atoms with Crippen LogP contribution in [0, 0.1) is 6.92 Å². The molecule has 27 heavy (non-hydrogen) atoms. The standard InChI is InChI=1S/C21H26N2O3S/c1-16-7-3-4-9-19(16)15-22-21(24)18-10-12-20(13-11-18)27(25,26)23-14-6-5-8-17(23)2/h3-4,7,9-13,17H,5-6,8,14-15H2,1-2H3,(H,22,24). The molecule has 0 spiro atoms. The normalized spacial score (nSPS) is 18.2. The van der Waals surface area contributed by atoms with Crippen LogP contribution in [0.4, 0.5) is 0 Å². The molecular formula is C21H26N2O3S. The Labute approximate surface area is 161 Å². The zero-order valence-electron chi connectivity index (χ0n) is 15.8. The van der Waals surface area contributed by atoms with E-state index in [1.807, 2.05) is 38.1 Å². The second kappa shape index (κ2) is 8.23. The Morgan fingerprint density at radius 3 is 2.48 bits per heavy atom. The largest absolute Gasteiger partial charge is 0.348 e. The molecule has 3 rings (SSSR count). The third-order valence-corrected chi connectivity index (χ3v) is 7.19. The number of benzene rings is 2. The number of aryl methyl sites for hydroxylation is 1. The lowest BCUT2D eigenvalue weighted by Crippen LogP contribution is -2.41. The molecular weight excluding hydrogens is 360 g/mol. The van der Waals surface area contributed by atoms with Gasteiger partial charge in [-0.05, 0) is 62.1 Å². The highest BCUT2D eigenvalue weighted by molar-refractivity contribution is 7.89. The van der Waals surface area contributed by atoms with Gasteiger partial charge in [-0.2, -0.15) is 4.31 Å². The number of rotatable bonds is 5. The number of hydrogen-bond acceptors (Lipinski definition) is 3. The van der Waals surface area contributed by atoms with Gasteiger partial charge in [0, 0.05) is 24.7 Å². The van der Waals surface area contributed by atoms with Crippen molar-refractivity contribution >= 4 is 15.9 Å². The first-order valence-corrected chi connectivity index (χ1v) is 10.8. The van der Waals surface area contributed by atoms with Crippen LogP contribution >= 0.6 is 0 Å². The lowest BCUT2D eigenvalue weighted by atomic mass is 10.1. The Bertz CT molecular complexity index is 907. The second-order valence-electron chi connectivity index (χ2n) is 7.09. The lowest BCUT2D eigenvalue weighted by molar-refractivity contribution is 0.0950. The molecule has 0 aromatic heterocycles. The lowest BCUT2D eigenvalue weighted by Gasteiger charge is -2.32. The van der Waals surface area contributed by atoms with Crippen LogP contribution in [0.1, 0.15) is 47.7 Å². The van der Waals surface area contributed by atoms with Gasteiger partial charge in [0.2, 0.25) is 10.0 Å². The summed E-state index contributed by atoms with van der Waals surface area (Å²) in [7, 11) is -3.51. The van der Waals surface area contributed by atoms with Crippen molar-refractivity contribution in [2.24, 2.45) is 0 Å². The Balaban J connectivity index is 1.69.